The van der Waals surface area contributed by atoms with Crippen LogP contribution in [0.5, 0.6) is 0 Å². The van der Waals surface area contributed by atoms with Crippen LogP contribution in [0.1, 0.15) is 52.9 Å². The van der Waals surface area contributed by atoms with Crippen molar-refractivity contribution in [1.82, 2.24) is 5.32 Å². The summed E-state index contributed by atoms with van der Waals surface area (Å²) in [5.41, 5.74) is 0. The van der Waals surface area contributed by atoms with E-state index >= 15 is 0 Å². The molecule has 15 heavy (non-hydrogen) atoms. The molecular weight excluding hydrogens is 186 g/mol. The van der Waals surface area contributed by atoms with Crippen molar-refractivity contribution < 1.29 is 5.11 Å². The number of aliphatic hydroxyl groups is 1. The van der Waals surface area contributed by atoms with Gasteiger partial charge in [-0.15, -0.1) is 0 Å². The smallest absolute Gasteiger partial charge is 0.0662 e. The summed E-state index contributed by atoms with van der Waals surface area (Å²) in [4.78, 5) is 0. The monoisotopic (exact) mass is 213 g/mol. The summed E-state index contributed by atoms with van der Waals surface area (Å²) >= 11 is 0. The van der Waals surface area contributed by atoms with Crippen LogP contribution in [0.15, 0.2) is 0 Å². The zero-order chi connectivity index (χ0) is 11.3. The quantitative estimate of drug-likeness (QED) is 0.735. The van der Waals surface area contributed by atoms with Crippen LogP contribution in [0.2, 0.25) is 0 Å². The molecule has 0 aromatic heterocycles. The van der Waals surface area contributed by atoms with E-state index in [9.17, 15) is 5.11 Å². The fourth-order valence-electron chi connectivity index (χ4n) is 2.47. The third kappa shape index (κ3) is 4.52. The first kappa shape index (κ1) is 13.0. The number of rotatable bonds is 5. The normalized spacial score (nSPS) is 29.4. The van der Waals surface area contributed by atoms with Gasteiger partial charge in [0.25, 0.3) is 0 Å². The molecule has 1 aliphatic rings. The van der Waals surface area contributed by atoms with Crippen molar-refractivity contribution in [3.8, 4) is 0 Å². The average molecular weight is 213 g/mol. The predicted molar refractivity (Wildman–Crippen MR) is 64.9 cm³/mol. The summed E-state index contributed by atoms with van der Waals surface area (Å²) in [6.45, 7) is 7.46. The van der Waals surface area contributed by atoms with Crippen LogP contribution in [0.3, 0.4) is 0 Å². The molecule has 2 nitrogen and oxygen atoms in total. The highest BCUT2D eigenvalue weighted by Gasteiger charge is 2.23. The van der Waals surface area contributed by atoms with Crippen molar-refractivity contribution >= 4 is 0 Å². The number of hydrogen-bond donors (Lipinski definition) is 2. The predicted octanol–water partition coefficient (Wildman–Crippen LogP) is 2.56. The van der Waals surface area contributed by atoms with E-state index < -0.39 is 0 Å². The Balaban J connectivity index is 2.24. The zero-order valence-corrected chi connectivity index (χ0v) is 10.5. The lowest BCUT2D eigenvalue weighted by molar-refractivity contribution is 0.150. The van der Waals surface area contributed by atoms with E-state index in [1.54, 1.807) is 0 Å². The van der Waals surface area contributed by atoms with Gasteiger partial charge in [0, 0.05) is 12.6 Å². The van der Waals surface area contributed by atoms with E-state index in [0.717, 1.165) is 24.8 Å². The average Bonchev–Trinajstić information content (AvgIpc) is 2.26. The number of hydrogen-bond acceptors (Lipinski definition) is 2. The van der Waals surface area contributed by atoms with Crippen molar-refractivity contribution in [2.75, 3.05) is 6.54 Å². The molecule has 0 aromatic carbocycles. The van der Waals surface area contributed by atoms with Crippen LogP contribution in [0, 0.1) is 11.8 Å². The topological polar surface area (TPSA) is 32.3 Å². The van der Waals surface area contributed by atoms with Gasteiger partial charge in [0.2, 0.25) is 0 Å². The van der Waals surface area contributed by atoms with Crippen LogP contribution >= 0.6 is 0 Å². The van der Waals surface area contributed by atoms with E-state index in [1.165, 1.54) is 25.7 Å². The lowest BCUT2D eigenvalue weighted by Crippen LogP contribution is -2.39. The van der Waals surface area contributed by atoms with Gasteiger partial charge in [0.1, 0.15) is 0 Å². The van der Waals surface area contributed by atoms with E-state index in [4.69, 9.17) is 0 Å². The minimum atomic E-state index is -0.163. The molecule has 0 aromatic rings. The van der Waals surface area contributed by atoms with Gasteiger partial charge in [-0.05, 0) is 31.1 Å². The van der Waals surface area contributed by atoms with Crippen LogP contribution in [0.4, 0.5) is 0 Å². The Kier molecular flexibility index (Phi) is 5.62. The van der Waals surface area contributed by atoms with Crippen molar-refractivity contribution in [2.24, 2.45) is 11.8 Å². The van der Waals surface area contributed by atoms with Crippen molar-refractivity contribution in [3.05, 3.63) is 0 Å². The fraction of sp³-hybridized carbons (Fsp3) is 1.00. The third-order valence-electron chi connectivity index (χ3n) is 3.77. The molecule has 0 radical (unpaired) electrons. The van der Waals surface area contributed by atoms with Gasteiger partial charge in [-0.1, -0.05) is 33.6 Å². The molecule has 3 atom stereocenters. The standard InChI is InChI=1S/C13H27NO/c1-4-13(15)9-14-12-7-5-6-11(8-12)10(2)3/h10-15H,4-9H2,1-3H3. The second-order valence-corrected chi connectivity index (χ2v) is 5.34. The summed E-state index contributed by atoms with van der Waals surface area (Å²) in [5.74, 6) is 1.70. The molecule has 2 N–H and O–H groups in total. The number of aliphatic hydroxyl groups excluding tert-OH is 1. The highest BCUT2D eigenvalue weighted by Crippen LogP contribution is 2.29. The first-order valence-electron chi connectivity index (χ1n) is 6.55. The first-order valence-corrected chi connectivity index (χ1v) is 6.55. The summed E-state index contributed by atoms with van der Waals surface area (Å²) in [6.07, 6.45) is 6.03. The highest BCUT2D eigenvalue weighted by atomic mass is 16.3. The summed E-state index contributed by atoms with van der Waals surface area (Å²) in [6, 6.07) is 0.646. The molecule has 0 heterocycles. The minimum absolute atomic E-state index is 0.163. The molecule has 0 spiro atoms. The maximum atomic E-state index is 9.50. The van der Waals surface area contributed by atoms with Gasteiger partial charge in [-0.25, -0.2) is 0 Å². The fourth-order valence-corrected chi connectivity index (χ4v) is 2.47. The lowest BCUT2D eigenvalue weighted by atomic mass is 9.79. The van der Waals surface area contributed by atoms with Gasteiger partial charge in [-0.3, -0.25) is 0 Å². The molecule has 1 saturated carbocycles. The van der Waals surface area contributed by atoms with E-state index in [0.29, 0.717) is 6.04 Å². The Morgan fingerprint density at radius 2 is 2.07 bits per heavy atom. The maximum Gasteiger partial charge on any atom is 0.0662 e. The molecule has 2 heteroatoms. The van der Waals surface area contributed by atoms with E-state index in [-0.39, 0.29) is 6.10 Å². The molecule has 1 fully saturated rings. The molecule has 90 valence electrons. The van der Waals surface area contributed by atoms with Crippen molar-refractivity contribution in [3.63, 3.8) is 0 Å². The maximum absolute atomic E-state index is 9.50. The Hall–Kier alpha value is -0.0800. The molecule has 3 unspecified atom stereocenters. The van der Waals surface area contributed by atoms with Gasteiger partial charge >= 0.3 is 0 Å². The molecule has 1 aliphatic carbocycles. The van der Waals surface area contributed by atoms with Gasteiger partial charge in [0.15, 0.2) is 0 Å². The molecular formula is C13H27NO. The Bertz CT molecular complexity index is 170. The Morgan fingerprint density at radius 1 is 1.33 bits per heavy atom. The van der Waals surface area contributed by atoms with Gasteiger partial charge < -0.3 is 10.4 Å². The molecule has 0 amide bonds. The van der Waals surface area contributed by atoms with Gasteiger partial charge in [-0.2, -0.15) is 0 Å². The Morgan fingerprint density at radius 3 is 2.67 bits per heavy atom. The number of nitrogens with one attached hydrogen (secondary N) is 1. The minimum Gasteiger partial charge on any atom is -0.392 e. The van der Waals surface area contributed by atoms with Crippen molar-refractivity contribution in [2.45, 2.75) is 65.0 Å². The summed E-state index contributed by atoms with van der Waals surface area (Å²) < 4.78 is 0. The SMILES string of the molecule is CCC(O)CNC1CCCC(C(C)C)C1. The summed E-state index contributed by atoms with van der Waals surface area (Å²) in [7, 11) is 0. The van der Waals surface area contributed by atoms with Crippen LogP contribution in [-0.2, 0) is 0 Å². The van der Waals surface area contributed by atoms with Crippen LogP contribution in [0.25, 0.3) is 0 Å². The highest BCUT2D eigenvalue weighted by molar-refractivity contribution is 4.80. The van der Waals surface area contributed by atoms with Crippen LogP contribution in [-0.4, -0.2) is 23.8 Å². The zero-order valence-electron chi connectivity index (χ0n) is 10.5. The molecule has 1 rings (SSSR count). The lowest BCUT2D eigenvalue weighted by Gasteiger charge is -2.32. The van der Waals surface area contributed by atoms with E-state index in [2.05, 4.69) is 19.2 Å². The third-order valence-corrected chi connectivity index (χ3v) is 3.77. The van der Waals surface area contributed by atoms with Crippen LogP contribution < -0.4 is 5.32 Å². The molecule has 0 aliphatic heterocycles. The van der Waals surface area contributed by atoms with E-state index in [1.807, 2.05) is 6.92 Å². The van der Waals surface area contributed by atoms with Gasteiger partial charge in [0.05, 0.1) is 6.10 Å². The van der Waals surface area contributed by atoms with Crippen molar-refractivity contribution in [1.29, 1.82) is 0 Å². The molecule has 0 saturated heterocycles. The second kappa shape index (κ2) is 6.49. The Labute approximate surface area is 94.5 Å². The second-order valence-electron chi connectivity index (χ2n) is 5.34. The molecule has 0 bridgehead atoms. The summed E-state index contributed by atoms with van der Waals surface area (Å²) in [5, 5.41) is 13.0. The first-order chi connectivity index (χ1) is 7.13. The largest absolute Gasteiger partial charge is 0.392 e.